The average molecular weight is 213 g/mol. The molecular formula is C11H16FNO2. The van der Waals surface area contributed by atoms with Crippen LogP contribution in [0.5, 0.6) is 11.5 Å². The molecule has 15 heavy (non-hydrogen) atoms. The van der Waals surface area contributed by atoms with Gasteiger partial charge in [0.2, 0.25) is 0 Å². The van der Waals surface area contributed by atoms with E-state index < -0.39 is 6.67 Å². The summed E-state index contributed by atoms with van der Waals surface area (Å²) in [4.78, 5) is 0. The first-order chi connectivity index (χ1) is 7.22. The van der Waals surface area contributed by atoms with E-state index in [0.29, 0.717) is 17.9 Å². The van der Waals surface area contributed by atoms with E-state index in [1.807, 2.05) is 0 Å². The number of nitrogens with two attached hydrogens (primary N) is 1. The lowest BCUT2D eigenvalue weighted by atomic mass is 10.0. The molecule has 0 saturated heterocycles. The Balaban J connectivity index is 2.96. The Morgan fingerprint density at radius 2 is 2.07 bits per heavy atom. The summed E-state index contributed by atoms with van der Waals surface area (Å²) in [6.07, 6.45) is 0.294. The number of rotatable bonds is 5. The fraction of sp³-hybridized carbons (Fsp3) is 0.455. The van der Waals surface area contributed by atoms with E-state index in [1.54, 1.807) is 32.4 Å². The molecule has 1 atom stereocenters. The van der Waals surface area contributed by atoms with Crippen molar-refractivity contribution in [1.29, 1.82) is 0 Å². The second kappa shape index (κ2) is 5.56. The summed E-state index contributed by atoms with van der Waals surface area (Å²) >= 11 is 0. The highest BCUT2D eigenvalue weighted by molar-refractivity contribution is 5.42. The van der Waals surface area contributed by atoms with Crippen LogP contribution in [-0.2, 0) is 0 Å². The molecule has 1 aromatic carbocycles. The average Bonchev–Trinajstić information content (AvgIpc) is 2.28. The van der Waals surface area contributed by atoms with Crippen molar-refractivity contribution in [1.82, 2.24) is 0 Å². The molecule has 0 aromatic heterocycles. The third-order valence-corrected chi connectivity index (χ3v) is 2.26. The zero-order valence-corrected chi connectivity index (χ0v) is 9.00. The van der Waals surface area contributed by atoms with Gasteiger partial charge in [-0.3, -0.25) is 4.39 Å². The van der Waals surface area contributed by atoms with Crippen LogP contribution in [0.15, 0.2) is 18.2 Å². The van der Waals surface area contributed by atoms with Gasteiger partial charge in [-0.2, -0.15) is 0 Å². The molecule has 0 aliphatic heterocycles. The van der Waals surface area contributed by atoms with Crippen LogP contribution in [0.3, 0.4) is 0 Å². The number of benzene rings is 1. The minimum Gasteiger partial charge on any atom is -0.497 e. The van der Waals surface area contributed by atoms with E-state index in [-0.39, 0.29) is 6.04 Å². The first kappa shape index (κ1) is 11.8. The Morgan fingerprint density at radius 1 is 1.33 bits per heavy atom. The summed E-state index contributed by atoms with van der Waals surface area (Å²) in [6.45, 7) is -0.434. The van der Waals surface area contributed by atoms with Gasteiger partial charge in [-0.1, -0.05) is 6.07 Å². The van der Waals surface area contributed by atoms with Gasteiger partial charge < -0.3 is 15.2 Å². The van der Waals surface area contributed by atoms with Crippen molar-refractivity contribution in [2.45, 2.75) is 12.5 Å². The largest absolute Gasteiger partial charge is 0.497 e. The van der Waals surface area contributed by atoms with Gasteiger partial charge in [0.1, 0.15) is 11.5 Å². The predicted octanol–water partition coefficient (Wildman–Crippen LogP) is 2.06. The zero-order valence-electron chi connectivity index (χ0n) is 9.00. The Labute approximate surface area is 89.0 Å². The molecule has 2 N–H and O–H groups in total. The maximum Gasteiger partial charge on any atom is 0.127 e. The topological polar surface area (TPSA) is 44.5 Å². The maximum atomic E-state index is 12.2. The third kappa shape index (κ3) is 2.83. The number of hydrogen-bond donors (Lipinski definition) is 1. The van der Waals surface area contributed by atoms with Crippen LogP contribution in [0.2, 0.25) is 0 Å². The summed E-state index contributed by atoms with van der Waals surface area (Å²) < 4.78 is 22.4. The molecule has 0 spiro atoms. The van der Waals surface area contributed by atoms with Crippen LogP contribution in [0, 0.1) is 0 Å². The van der Waals surface area contributed by atoms with Crippen LogP contribution in [-0.4, -0.2) is 20.9 Å². The highest BCUT2D eigenvalue weighted by atomic mass is 19.1. The van der Waals surface area contributed by atoms with E-state index in [2.05, 4.69) is 0 Å². The Kier molecular flexibility index (Phi) is 4.37. The van der Waals surface area contributed by atoms with Crippen molar-refractivity contribution in [2.75, 3.05) is 20.9 Å². The standard InChI is InChI=1S/C11H16FNO2/c1-14-8-3-4-9(10(13)5-6-12)11(7-8)15-2/h3-4,7,10H,5-6,13H2,1-2H3/t10-/m0/s1. The van der Waals surface area contributed by atoms with E-state index in [9.17, 15) is 4.39 Å². The van der Waals surface area contributed by atoms with Gasteiger partial charge in [0.05, 0.1) is 20.9 Å². The molecule has 0 saturated carbocycles. The molecule has 0 radical (unpaired) electrons. The van der Waals surface area contributed by atoms with Crippen molar-refractivity contribution in [3.8, 4) is 11.5 Å². The number of ether oxygens (including phenoxy) is 2. The number of methoxy groups -OCH3 is 2. The van der Waals surface area contributed by atoms with Crippen molar-refractivity contribution >= 4 is 0 Å². The highest BCUT2D eigenvalue weighted by Gasteiger charge is 2.12. The van der Waals surface area contributed by atoms with Crippen LogP contribution >= 0.6 is 0 Å². The molecule has 0 bridgehead atoms. The number of hydrogen-bond acceptors (Lipinski definition) is 3. The van der Waals surface area contributed by atoms with Gasteiger partial charge in [-0.05, 0) is 12.5 Å². The van der Waals surface area contributed by atoms with Gasteiger partial charge in [0.15, 0.2) is 0 Å². The van der Waals surface area contributed by atoms with E-state index in [0.717, 1.165) is 5.56 Å². The Morgan fingerprint density at radius 3 is 2.60 bits per heavy atom. The number of halogens is 1. The Hall–Kier alpha value is -1.29. The lowest BCUT2D eigenvalue weighted by Crippen LogP contribution is -2.12. The summed E-state index contributed by atoms with van der Waals surface area (Å²) in [5.41, 5.74) is 6.61. The molecule has 0 heterocycles. The van der Waals surface area contributed by atoms with Gasteiger partial charge in [0, 0.05) is 17.7 Å². The summed E-state index contributed by atoms with van der Waals surface area (Å²) in [6, 6.07) is 5.00. The first-order valence-corrected chi connectivity index (χ1v) is 4.76. The molecule has 0 fully saturated rings. The fourth-order valence-electron chi connectivity index (χ4n) is 1.40. The minimum absolute atomic E-state index is 0.294. The van der Waals surface area contributed by atoms with Crippen LogP contribution in [0.25, 0.3) is 0 Å². The van der Waals surface area contributed by atoms with Gasteiger partial charge >= 0.3 is 0 Å². The lowest BCUT2D eigenvalue weighted by Gasteiger charge is -2.15. The normalized spacial score (nSPS) is 12.3. The van der Waals surface area contributed by atoms with Crippen molar-refractivity contribution in [3.63, 3.8) is 0 Å². The summed E-state index contributed by atoms with van der Waals surface area (Å²) in [5, 5.41) is 0. The minimum atomic E-state index is -0.434. The van der Waals surface area contributed by atoms with E-state index in [4.69, 9.17) is 15.2 Å². The zero-order chi connectivity index (χ0) is 11.3. The van der Waals surface area contributed by atoms with Gasteiger partial charge in [-0.15, -0.1) is 0 Å². The highest BCUT2D eigenvalue weighted by Crippen LogP contribution is 2.29. The van der Waals surface area contributed by atoms with Crippen molar-refractivity contribution in [3.05, 3.63) is 23.8 Å². The quantitative estimate of drug-likeness (QED) is 0.814. The third-order valence-electron chi connectivity index (χ3n) is 2.26. The second-order valence-corrected chi connectivity index (χ2v) is 3.19. The van der Waals surface area contributed by atoms with E-state index in [1.165, 1.54) is 0 Å². The van der Waals surface area contributed by atoms with Crippen LogP contribution < -0.4 is 15.2 Å². The molecule has 0 aliphatic carbocycles. The molecular weight excluding hydrogens is 197 g/mol. The predicted molar refractivity (Wildman–Crippen MR) is 57.1 cm³/mol. The SMILES string of the molecule is COc1ccc([C@@H](N)CCF)c(OC)c1. The fourth-order valence-corrected chi connectivity index (χ4v) is 1.40. The van der Waals surface area contributed by atoms with Crippen molar-refractivity contribution < 1.29 is 13.9 Å². The Bertz CT molecular complexity index is 317. The monoisotopic (exact) mass is 213 g/mol. The van der Waals surface area contributed by atoms with Gasteiger partial charge in [-0.25, -0.2) is 0 Å². The number of alkyl halides is 1. The summed E-state index contributed by atoms with van der Waals surface area (Å²) in [7, 11) is 3.14. The van der Waals surface area contributed by atoms with Gasteiger partial charge in [0.25, 0.3) is 0 Å². The first-order valence-electron chi connectivity index (χ1n) is 4.76. The smallest absolute Gasteiger partial charge is 0.127 e. The maximum absolute atomic E-state index is 12.2. The molecule has 4 heteroatoms. The van der Waals surface area contributed by atoms with Crippen LogP contribution in [0.4, 0.5) is 4.39 Å². The van der Waals surface area contributed by atoms with Crippen LogP contribution in [0.1, 0.15) is 18.0 Å². The second-order valence-electron chi connectivity index (χ2n) is 3.19. The molecule has 0 aliphatic rings. The summed E-state index contributed by atoms with van der Waals surface area (Å²) in [5.74, 6) is 1.33. The molecule has 84 valence electrons. The van der Waals surface area contributed by atoms with Crippen molar-refractivity contribution in [2.24, 2.45) is 5.73 Å². The molecule has 0 amide bonds. The molecule has 1 aromatic rings. The lowest BCUT2D eigenvalue weighted by molar-refractivity contribution is 0.382. The molecule has 3 nitrogen and oxygen atoms in total. The molecule has 0 unspecified atom stereocenters. The van der Waals surface area contributed by atoms with E-state index >= 15 is 0 Å². The molecule has 1 rings (SSSR count).